The normalized spacial score (nSPS) is 15.2. The number of piperidine rings is 1. The summed E-state index contributed by atoms with van der Waals surface area (Å²) in [5, 5.41) is 3.18. The first kappa shape index (κ1) is 16.5. The molecule has 0 spiro atoms. The predicted molar refractivity (Wildman–Crippen MR) is 103 cm³/mol. The maximum atomic E-state index is 12.5. The quantitative estimate of drug-likeness (QED) is 0.790. The van der Waals surface area contributed by atoms with Gasteiger partial charge in [0.05, 0.1) is 17.2 Å². The van der Waals surface area contributed by atoms with Crippen LogP contribution >= 0.6 is 0 Å². The minimum atomic E-state index is 0.0204. The lowest BCUT2D eigenvalue weighted by Crippen LogP contribution is -2.45. The fourth-order valence-electron chi connectivity index (χ4n) is 3.44. The van der Waals surface area contributed by atoms with Crippen molar-refractivity contribution in [2.45, 2.75) is 25.8 Å². The smallest absolute Gasteiger partial charge is 0.251 e. The van der Waals surface area contributed by atoms with E-state index in [4.69, 9.17) is 4.98 Å². The van der Waals surface area contributed by atoms with Gasteiger partial charge in [0.25, 0.3) is 5.91 Å². The minimum Gasteiger partial charge on any atom is -0.355 e. The van der Waals surface area contributed by atoms with Gasteiger partial charge in [-0.2, -0.15) is 0 Å². The molecule has 2 aromatic carbocycles. The topological polar surface area (TPSA) is 58.1 Å². The molecule has 0 radical (unpaired) electrons. The van der Waals surface area contributed by atoms with Crippen LogP contribution in [0, 0.1) is 6.92 Å². The molecule has 132 valence electrons. The Labute approximate surface area is 153 Å². The monoisotopic (exact) mass is 346 g/mol. The van der Waals surface area contributed by atoms with Gasteiger partial charge in [-0.25, -0.2) is 4.98 Å². The molecule has 1 aliphatic rings. The Morgan fingerprint density at radius 2 is 1.73 bits per heavy atom. The number of aromatic nitrogens is 2. The van der Waals surface area contributed by atoms with E-state index in [1.807, 2.05) is 61.7 Å². The third kappa shape index (κ3) is 3.38. The molecule has 26 heavy (non-hydrogen) atoms. The number of carbonyl (C=O) groups is 1. The summed E-state index contributed by atoms with van der Waals surface area (Å²) >= 11 is 0. The van der Waals surface area contributed by atoms with Gasteiger partial charge in [-0.3, -0.25) is 9.78 Å². The second kappa shape index (κ2) is 7.12. The highest BCUT2D eigenvalue weighted by molar-refractivity contribution is 5.95. The molecule has 1 N–H and O–H groups in total. The van der Waals surface area contributed by atoms with Crippen molar-refractivity contribution < 1.29 is 4.79 Å². The fourth-order valence-corrected chi connectivity index (χ4v) is 3.44. The van der Waals surface area contributed by atoms with Crippen LogP contribution in [-0.4, -0.2) is 35.0 Å². The lowest BCUT2D eigenvalue weighted by Gasteiger charge is -2.33. The molecule has 1 aliphatic heterocycles. The second-order valence-electron chi connectivity index (χ2n) is 6.77. The van der Waals surface area contributed by atoms with Crippen molar-refractivity contribution in [2.75, 3.05) is 18.0 Å². The lowest BCUT2D eigenvalue weighted by atomic mass is 10.0. The van der Waals surface area contributed by atoms with E-state index >= 15 is 0 Å². The summed E-state index contributed by atoms with van der Waals surface area (Å²) in [4.78, 5) is 23.9. The lowest BCUT2D eigenvalue weighted by molar-refractivity contribution is 0.0930. The van der Waals surface area contributed by atoms with Gasteiger partial charge in [0.1, 0.15) is 5.82 Å². The van der Waals surface area contributed by atoms with Crippen LogP contribution in [0.3, 0.4) is 0 Å². The fraction of sp³-hybridized carbons (Fsp3) is 0.286. The first-order valence-electron chi connectivity index (χ1n) is 9.04. The van der Waals surface area contributed by atoms with Crippen molar-refractivity contribution in [3.05, 3.63) is 65.9 Å². The molecule has 3 aromatic rings. The standard InChI is InChI=1S/C21H22N4O/c1-15-6-2-3-7-17(15)21(26)23-16-10-12-25(13-11-16)20-14-22-18-8-4-5-9-19(18)24-20/h2-9,14,16H,10-13H2,1H3,(H,23,26). The molecule has 1 fully saturated rings. The second-order valence-corrected chi connectivity index (χ2v) is 6.77. The highest BCUT2D eigenvalue weighted by atomic mass is 16.1. The number of hydrogen-bond acceptors (Lipinski definition) is 4. The maximum Gasteiger partial charge on any atom is 0.251 e. The molecule has 0 unspecified atom stereocenters. The molecule has 0 bridgehead atoms. The zero-order chi connectivity index (χ0) is 17.9. The molecular weight excluding hydrogens is 324 g/mol. The van der Waals surface area contributed by atoms with Gasteiger partial charge in [-0.15, -0.1) is 0 Å². The van der Waals surface area contributed by atoms with E-state index in [-0.39, 0.29) is 11.9 Å². The van der Waals surface area contributed by atoms with Gasteiger partial charge in [0.2, 0.25) is 0 Å². The van der Waals surface area contributed by atoms with Gasteiger partial charge >= 0.3 is 0 Å². The minimum absolute atomic E-state index is 0.0204. The Morgan fingerprint density at radius 1 is 1.04 bits per heavy atom. The number of fused-ring (bicyclic) bond motifs is 1. The molecule has 1 aromatic heterocycles. The zero-order valence-corrected chi connectivity index (χ0v) is 14.9. The van der Waals surface area contributed by atoms with Crippen molar-refractivity contribution in [1.82, 2.24) is 15.3 Å². The number of hydrogen-bond donors (Lipinski definition) is 1. The highest BCUT2D eigenvalue weighted by Gasteiger charge is 2.22. The largest absolute Gasteiger partial charge is 0.355 e. The van der Waals surface area contributed by atoms with E-state index in [0.717, 1.165) is 53.9 Å². The summed E-state index contributed by atoms with van der Waals surface area (Å²) in [5.41, 5.74) is 3.60. The molecule has 5 heteroatoms. The number of carbonyl (C=O) groups excluding carboxylic acids is 1. The van der Waals surface area contributed by atoms with Crippen molar-refractivity contribution in [2.24, 2.45) is 0 Å². The van der Waals surface area contributed by atoms with Gasteiger partial charge in [-0.05, 0) is 43.5 Å². The Hall–Kier alpha value is -2.95. The van der Waals surface area contributed by atoms with Gasteiger partial charge in [0.15, 0.2) is 0 Å². The van der Waals surface area contributed by atoms with E-state index in [2.05, 4.69) is 15.2 Å². The van der Waals surface area contributed by atoms with Crippen LogP contribution in [0.1, 0.15) is 28.8 Å². The number of benzene rings is 2. The summed E-state index contributed by atoms with van der Waals surface area (Å²) in [7, 11) is 0. The molecule has 1 amide bonds. The summed E-state index contributed by atoms with van der Waals surface area (Å²) < 4.78 is 0. The van der Waals surface area contributed by atoms with Crippen LogP contribution in [0.2, 0.25) is 0 Å². The maximum absolute atomic E-state index is 12.5. The van der Waals surface area contributed by atoms with Gasteiger partial charge in [0, 0.05) is 24.7 Å². The summed E-state index contributed by atoms with van der Waals surface area (Å²) in [6, 6.07) is 15.8. The number of anilines is 1. The number of nitrogens with one attached hydrogen (secondary N) is 1. The third-order valence-electron chi connectivity index (χ3n) is 4.98. The summed E-state index contributed by atoms with van der Waals surface area (Å²) in [6.07, 6.45) is 3.66. The number of aryl methyl sites for hydroxylation is 1. The molecular formula is C21H22N4O. The van der Waals surface area contributed by atoms with Crippen molar-refractivity contribution in [3.63, 3.8) is 0 Å². The first-order chi connectivity index (χ1) is 12.7. The van der Waals surface area contributed by atoms with E-state index < -0.39 is 0 Å². The van der Waals surface area contributed by atoms with E-state index in [1.54, 1.807) is 0 Å². The Morgan fingerprint density at radius 3 is 2.50 bits per heavy atom. The average molecular weight is 346 g/mol. The van der Waals surface area contributed by atoms with Crippen molar-refractivity contribution in [3.8, 4) is 0 Å². The number of nitrogens with zero attached hydrogens (tertiary/aromatic N) is 3. The molecule has 2 heterocycles. The predicted octanol–water partition coefficient (Wildman–Crippen LogP) is 3.34. The number of para-hydroxylation sites is 2. The van der Waals surface area contributed by atoms with Gasteiger partial charge < -0.3 is 10.2 Å². The Bertz CT molecular complexity index is 932. The molecule has 0 aliphatic carbocycles. The number of rotatable bonds is 3. The molecule has 5 nitrogen and oxygen atoms in total. The van der Waals surface area contributed by atoms with Crippen LogP contribution in [0.4, 0.5) is 5.82 Å². The van der Waals surface area contributed by atoms with Gasteiger partial charge in [-0.1, -0.05) is 30.3 Å². The molecule has 4 rings (SSSR count). The summed E-state index contributed by atoms with van der Waals surface area (Å²) in [5.74, 6) is 0.930. The zero-order valence-electron chi connectivity index (χ0n) is 14.9. The number of amides is 1. The van der Waals surface area contributed by atoms with E-state index in [9.17, 15) is 4.79 Å². The van der Waals surface area contributed by atoms with Crippen LogP contribution in [0.5, 0.6) is 0 Å². The third-order valence-corrected chi connectivity index (χ3v) is 4.98. The van der Waals surface area contributed by atoms with Crippen LogP contribution in [0.15, 0.2) is 54.7 Å². The van der Waals surface area contributed by atoms with Crippen molar-refractivity contribution in [1.29, 1.82) is 0 Å². The van der Waals surface area contributed by atoms with Crippen molar-refractivity contribution >= 4 is 22.8 Å². The first-order valence-corrected chi connectivity index (χ1v) is 9.04. The SMILES string of the molecule is Cc1ccccc1C(=O)NC1CCN(c2cnc3ccccc3n2)CC1. The Balaban J connectivity index is 1.39. The van der Waals surface area contributed by atoms with Crippen LogP contribution in [0.25, 0.3) is 11.0 Å². The van der Waals surface area contributed by atoms with Crippen LogP contribution < -0.4 is 10.2 Å². The van der Waals surface area contributed by atoms with E-state index in [0.29, 0.717) is 0 Å². The summed E-state index contributed by atoms with van der Waals surface area (Å²) in [6.45, 7) is 3.70. The Kier molecular flexibility index (Phi) is 4.52. The molecule has 1 saturated heterocycles. The molecule has 0 saturated carbocycles. The van der Waals surface area contributed by atoms with Crippen LogP contribution in [-0.2, 0) is 0 Å². The van der Waals surface area contributed by atoms with E-state index in [1.165, 1.54) is 0 Å². The average Bonchev–Trinajstić information content (AvgIpc) is 2.68. The molecule has 0 atom stereocenters. The highest BCUT2D eigenvalue weighted by Crippen LogP contribution is 2.20.